The number of carbonyl (C=O) groups excluding carboxylic acids is 2. The van der Waals surface area contributed by atoms with Crippen molar-refractivity contribution in [2.45, 2.75) is 25.4 Å². The van der Waals surface area contributed by atoms with Gasteiger partial charge in [-0.1, -0.05) is 72.3 Å². The Kier molecular flexibility index (Phi) is 8.28. The normalized spacial score (nSPS) is 11.5. The lowest BCUT2D eigenvalue weighted by Gasteiger charge is -2.31. The molecule has 166 valence electrons. The summed E-state index contributed by atoms with van der Waals surface area (Å²) in [6.07, 6.45) is 0.505. The van der Waals surface area contributed by atoms with E-state index in [2.05, 4.69) is 5.32 Å². The highest BCUT2D eigenvalue weighted by Crippen LogP contribution is 2.21. The van der Waals surface area contributed by atoms with Gasteiger partial charge < -0.3 is 15.0 Å². The first-order chi connectivity index (χ1) is 15.5. The van der Waals surface area contributed by atoms with Crippen LogP contribution in [0, 0.1) is 0 Å². The SMILES string of the molecule is CNC(=O)[C@@H](Cc1ccccc1)N(Cc1cccc(OC)c1)C(=O)Cc1ccccc1Cl. The molecule has 2 amide bonds. The molecule has 0 saturated heterocycles. The van der Waals surface area contributed by atoms with Crippen molar-refractivity contribution in [2.75, 3.05) is 14.2 Å². The number of carbonyl (C=O) groups is 2. The van der Waals surface area contributed by atoms with Crippen molar-refractivity contribution in [2.24, 2.45) is 0 Å². The predicted molar refractivity (Wildman–Crippen MR) is 127 cm³/mol. The lowest BCUT2D eigenvalue weighted by molar-refractivity contribution is -0.140. The molecule has 0 aromatic heterocycles. The van der Waals surface area contributed by atoms with Gasteiger partial charge in [0.25, 0.3) is 0 Å². The van der Waals surface area contributed by atoms with Gasteiger partial charge in [0.1, 0.15) is 11.8 Å². The average Bonchev–Trinajstić information content (AvgIpc) is 2.83. The summed E-state index contributed by atoms with van der Waals surface area (Å²) in [7, 11) is 3.19. The third kappa shape index (κ3) is 6.11. The number of nitrogens with one attached hydrogen (secondary N) is 1. The van der Waals surface area contributed by atoms with Crippen molar-refractivity contribution in [1.82, 2.24) is 10.2 Å². The molecule has 32 heavy (non-hydrogen) atoms. The largest absolute Gasteiger partial charge is 0.497 e. The molecule has 0 aliphatic rings. The van der Waals surface area contributed by atoms with Crippen LogP contribution in [0.15, 0.2) is 78.9 Å². The van der Waals surface area contributed by atoms with Crippen LogP contribution < -0.4 is 10.1 Å². The van der Waals surface area contributed by atoms with Crippen LogP contribution in [0.25, 0.3) is 0 Å². The molecule has 0 fully saturated rings. The number of halogens is 1. The zero-order valence-corrected chi connectivity index (χ0v) is 19.0. The van der Waals surface area contributed by atoms with Gasteiger partial charge in [0.05, 0.1) is 13.5 Å². The molecule has 6 heteroatoms. The maximum Gasteiger partial charge on any atom is 0.242 e. The third-order valence-corrected chi connectivity index (χ3v) is 5.67. The first-order valence-corrected chi connectivity index (χ1v) is 10.8. The zero-order chi connectivity index (χ0) is 22.9. The quantitative estimate of drug-likeness (QED) is 0.529. The summed E-state index contributed by atoms with van der Waals surface area (Å²) in [4.78, 5) is 28.1. The van der Waals surface area contributed by atoms with Crippen molar-refractivity contribution in [1.29, 1.82) is 0 Å². The monoisotopic (exact) mass is 450 g/mol. The molecule has 1 atom stereocenters. The summed E-state index contributed by atoms with van der Waals surface area (Å²) in [6, 6.07) is 23.8. The molecule has 3 aromatic carbocycles. The van der Waals surface area contributed by atoms with Gasteiger partial charge in [-0.05, 0) is 34.9 Å². The molecule has 0 spiro atoms. The highest BCUT2D eigenvalue weighted by atomic mass is 35.5. The Labute approximate surface area is 194 Å². The minimum Gasteiger partial charge on any atom is -0.497 e. The minimum absolute atomic E-state index is 0.103. The Bertz CT molecular complexity index is 1060. The van der Waals surface area contributed by atoms with Crippen LogP contribution in [0.1, 0.15) is 16.7 Å². The molecule has 0 unspecified atom stereocenters. The first kappa shape index (κ1) is 23.4. The zero-order valence-electron chi connectivity index (χ0n) is 18.3. The molecule has 0 bridgehead atoms. The number of methoxy groups -OCH3 is 1. The van der Waals surface area contributed by atoms with Crippen LogP contribution in [0.3, 0.4) is 0 Å². The van der Waals surface area contributed by atoms with Gasteiger partial charge in [0.2, 0.25) is 11.8 Å². The van der Waals surface area contributed by atoms with E-state index in [9.17, 15) is 9.59 Å². The van der Waals surface area contributed by atoms with Crippen LogP contribution in [0.5, 0.6) is 5.75 Å². The van der Waals surface area contributed by atoms with E-state index >= 15 is 0 Å². The molecule has 0 aliphatic heterocycles. The van der Waals surface area contributed by atoms with Gasteiger partial charge >= 0.3 is 0 Å². The maximum absolute atomic E-state index is 13.5. The van der Waals surface area contributed by atoms with Crippen molar-refractivity contribution < 1.29 is 14.3 Å². The lowest BCUT2D eigenvalue weighted by atomic mass is 10.0. The Morgan fingerprint density at radius 2 is 1.66 bits per heavy atom. The van der Waals surface area contributed by atoms with E-state index in [4.69, 9.17) is 16.3 Å². The Balaban J connectivity index is 1.96. The molecular formula is C26H27ClN2O3. The second kappa shape index (κ2) is 11.3. The Morgan fingerprint density at radius 3 is 2.34 bits per heavy atom. The average molecular weight is 451 g/mol. The molecule has 1 N–H and O–H groups in total. The Morgan fingerprint density at radius 1 is 0.969 bits per heavy atom. The number of hydrogen-bond donors (Lipinski definition) is 1. The van der Waals surface area contributed by atoms with Crippen LogP contribution in [0.4, 0.5) is 0 Å². The lowest BCUT2D eigenvalue weighted by Crippen LogP contribution is -2.50. The smallest absolute Gasteiger partial charge is 0.242 e. The maximum atomic E-state index is 13.5. The first-order valence-electron chi connectivity index (χ1n) is 10.4. The van der Waals surface area contributed by atoms with Crippen molar-refractivity contribution in [3.05, 3.63) is 101 Å². The molecule has 5 nitrogen and oxygen atoms in total. The summed E-state index contributed by atoms with van der Waals surface area (Å²) in [5, 5.41) is 3.25. The van der Waals surface area contributed by atoms with E-state index in [-0.39, 0.29) is 24.8 Å². The number of nitrogens with zero attached hydrogens (tertiary/aromatic N) is 1. The molecule has 0 radical (unpaired) electrons. The summed E-state index contributed by atoms with van der Waals surface area (Å²) in [5.41, 5.74) is 2.58. The number of benzene rings is 3. The third-order valence-electron chi connectivity index (χ3n) is 5.30. The van der Waals surface area contributed by atoms with Gasteiger partial charge in [-0.2, -0.15) is 0 Å². The molecular weight excluding hydrogens is 424 g/mol. The molecule has 0 aliphatic carbocycles. The molecule has 3 rings (SSSR count). The molecule has 0 saturated carbocycles. The fraction of sp³-hybridized carbons (Fsp3) is 0.231. The van der Waals surface area contributed by atoms with E-state index in [0.717, 1.165) is 16.7 Å². The van der Waals surface area contributed by atoms with E-state index < -0.39 is 6.04 Å². The van der Waals surface area contributed by atoms with Crippen LogP contribution in [-0.2, 0) is 29.0 Å². The fourth-order valence-electron chi connectivity index (χ4n) is 3.59. The topological polar surface area (TPSA) is 58.6 Å². The van der Waals surface area contributed by atoms with Gasteiger partial charge in [-0.3, -0.25) is 9.59 Å². The summed E-state index contributed by atoms with van der Waals surface area (Å²) >= 11 is 6.31. The predicted octanol–water partition coefficient (Wildman–Crippen LogP) is 4.28. The highest BCUT2D eigenvalue weighted by molar-refractivity contribution is 6.31. The summed E-state index contributed by atoms with van der Waals surface area (Å²) < 4.78 is 5.33. The number of ether oxygens (including phenoxy) is 1. The second-order valence-electron chi connectivity index (χ2n) is 7.46. The van der Waals surface area contributed by atoms with E-state index in [1.165, 1.54) is 0 Å². The van der Waals surface area contributed by atoms with E-state index in [1.807, 2.05) is 72.8 Å². The Hall–Kier alpha value is -3.31. The second-order valence-corrected chi connectivity index (χ2v) is 7.87. The van der Waals surface area contributed by atoms with E-state index in [1.54, 1.807) is 25.1 Å². The fourth-order valence-corrected chi connectivity index (χ4v) is 3.80. The van der Waals surface area contributed by atoms with Gasteiger partial charge in [0.15, 0.2) is 0 Å². The van der Waals surface area contributed by atoms with Crippen molar-refractivity contribution >= 4 is 23.4 Å². The van der Waals surface area contributed by atoms with Crippen LogP contribution >= 0.6 is 11.6 Å². The van der Waals surface area contributed by atoms with Gasteiger partial charge in [-0.25, -0.2) is 0 Å². The van der Waals surface area contributed by atoms with Gasteiger partial charge in [0, 0.05) is 25.0 Å². The number of hydrogen-bond acceptors (Lipinski definition) is 3. The number of amides is 2. The number of likely N-dealkylation sites (N-methyl/N-ethyl adjacent to an activating group) is 1. The summed E-state index contributed by atoms with van der Waals surface area (Å²) in [6.45, 7) is 0.269. The van der Waals surface area contributed by atoms with E-state index in [0.29, 0.717) is 17.2 Å². The van der Waals surface area contributed by atoms with Crippen LogP contribution in [0.2, 0.25) is 5.02 Å². The molecule has 3 aromatic rings. The summed E-state index contributed by atoms with van der Waals surface area (Å²) in [5.74, 6) is 0.301. The van der Waals surface area contributed by atoms with Crippen molar-refractivity contribution in [3.8, 4) is 5.75 Å². The number of rotatable bonds is 9. The van der Waals surface area contributed by atoms with Gasteiger partial charge in [-0.15, -0.1) is 0 Å². The minimum atomic E-state index is -0.677. The highest BCUT2D eigenvalue weighted by Gasteiger charge is 2.30. The molecule has 0 heterocycles. The standard InChI is InChI=1S/C26H27ClN2O3/c1-28-26(31)24(16-19-9-4-3-5-10-19)29(18-20-11-8-13-22(15-20)32-2)25(30)17-21-12-6-7-14-23(21)27/h3-15,24H,16-18H2,1-2H3,(H,28,31)/t24-/m1/s1. The van der Waals surface area contributed by atoms with Crippen molar-refractivity contribution in [3.63, 3.8) is 0 Å². The van der Waals surface area contributed by atoms with Crippen LogP contribution in [-0.4, -0.2) is 36.9 Å².